The molecule has 0 radical (unpaired) electrons. The summed E-state index contributed by atoms with van der Waals surface area (Å²) in [6.07, 6.45) is 7.11. The molecule has 0 spiro atoms. The fraction of sp³-hybridized carbons (Fsp3) is 0.733. The molecule has 2 rings (SSSR count). The van der Waals surface area contributed by atoms with E-state index in [0.29, 0.717) is 5.92 Å². The van der Waals surface area contributed by atoms with Gasteiger partial charge in [0.25, 0.3) is 0 Å². The van der Waals surface area contributed by atoms with Crippen LogP contribution in [0.3, 0.4) is 0 Å². The summed E-state index contributed by atoms with van der Waals surface area (Å²) in [7, 11) is 1.74. The molecule has 1 N–H and O–H groups in total. The van der Waals surface area contributed by atoms with Gasteiger partial charge in [-0.2, -0.15) is 0 Å². The van der Waals surface area contributed by atoms with Crippen molar-refractivity contribution in [3.05, 3.63) is 17.6 Å². The van der Waals surface area contributed by atoms with Gasteiger partial charge in [-0.3, -0.25) is 0 Å². The fourth-order valence-electron chi connectivity index (χ4n) is 2.71. The molecule has 1 aliphatic rings. The lowest BCUT2D eigenvalue weighted by Crippen LogP contribution is -2.08. The maximum Gasteiger partial charge on any atom is 0.131 e. The number of aryl methyl sites for hydroxylation is 1. The summed E-state index contributed by atoms with van der Waals surface area (Å²) in [5.41, 5.74) is 1.23. The van der Waals surface area contributed by atoms with Crippen molar-refractivity contribution in [2.24, 2.45) is 0 Å². The molecule has 0 bridgehead atoms. The third-order valence-electron chi connectivity index (χ3n) is 3.67. The summed E-state index contributed by atoms with van der Waals surface area (Å²) < 4.78 is 5.10. The minimum atomic E-state index is 0.640. The van der Waals surface area contributed by atoms with Crippen molar-refractivity contribution in [1.82, 2.24) is 9.97 Å². The van der Waals surface area contributed by atoms with Crippen molar-refractivity contribution in [2.75, 3.05) is 25.6 Å². The highest BCUT2D eigenvalue weighted by atomic mass is 16.5. The number of nitrogens with one attached hydrogen (secondary N) is 1. The first-order valence-electron chi connectivity index (χ1n) is 7.44. The van der Waals surface area contributed by atoms with E-state index in [9.17, 15) is 0 Å². The quantitative estimate of drug-likeness (QED) is 0.768. The van der Waals surface area contributed by atoms with E-state index < -0.39 is 0 Å². The number of hydrogen-bond donors (Lipinski definition) is 1. The maximum absolute atomic E-state index is 5.10. The second-order valence-electron chi connectivity index (χ2n) is 5.20. The van der Waals surface area contributed by atoms with Crippen LogP contribution in [0.5, 0.6) is 0 Å². The zero-order chi connectivity index (χ0) is 13.5. The van der Waals surface area contributed by atoms with E-state index in [0.717, 1.165) is 37.6 Å². The molecule has 106 valence electrons. The molecule has 19 heavy (non-hydrogen) atoms. The molecule has 4 nitrogen and oxygen atoms in total. The Hall–Kier alpha value is -1.16. The smallest absolute Gasteiger partial charge is 0.131 e. The van der Waals surface area contributed by atoms with Gasteiger partial charge >= 0.3 is 0 Å². The van der Waals surface area contributed by atoms with Crippen molar-refractivity contribution in [3.8, 4) is 0 Å². The predicted octanol–water partition coefficient (Wildman–Crippen LogP) is 3.15. The molecule has 1 fully saturated rings. The zero-order valence-electron chi connectivity index (χ0n) is 12.1. The Labute approximate surface area is 116 Å². The number of ether oxygens (including phenoxy) is 1. The molecule has 0 atom stereocenters. The van der Waals surface area contributed by atoms with Gasteiger partial charge in [0.2, 0.25) is 0 Å². The molecular weight excluding hydrogens is 238 g/mol. The van der Waals surface area contributed by atoms with Crippen LogP contribution < -0.4 is 5.32 Å². The topological polar surface area (TPSA) is 47.0 Å². The maximum atomic E-state index is 5.10. The Bertz CT molecular complexity index is 389. The monoisotopic (exact) mass is 263 g/mol. The zero-order valence-corrected chi connectivity index (χ0v) is 12.1. The van der Waals surface area contributed by atoms with Crippen molar-refractivity contribution in [1.29, 1.82) is 0 Å². The van der Waals surface area contributed by atoms with Gasteiger partial charge in [-0.15, -0.1) is 0 Å². The minimum absolute atomic E-state index is 0.640. The van der Waals surface area contributed by atoms with E-state index in [-0.39, 0.29) is 0 Å². The van der Waals surface area contributed by atoms with E-state index >= 15 is 0 Å². The van der Waals surface area contributed by atoms with Crippen LogP contribution in [0.2, 0.25) is 0 Å². The van der Waals surface area contributed by atoms with E-state index in [1.54, 1.807) is 7.11 Å². The minimum Gasteiger partial charge on any atom is -0.385 e. The van der Waals surface area contributed by atoms with Crippen molar-refractivity contribution < 1.29 is 4.74 Å². The van der Waals surface area contributed by atoms with Gasteiger partial charge < -0.3 is 10.1 Å². The molecule has 0 aliphatic heterocycles. The first-order chi connectivity index (χ1) is 9.33. The molecule has 1 aliphatic carbocycles. The molecule has 1 heterocycles. The van der Waals surface area contributed by atoms with Gasteiger partial charge in [-0.1, -0.05) is 12.8 Å². The first-order valence-corrected chi connectivity index (χ1v) is 7.44. The van der Waals surface area contributed by atoms with Crippen LogP contribution in [0, 0.1) is 0 Å². The highest BCUT2D eigenvalue weighted by Crippen LogP contribution is 2.33. The highest BCUT2D eigenvalue weighted by molar-refractivity contribution is 5.37. The van der Waals surface area contributed by atoms with E-state index in [4.69, 9.17) is 9.72 Å². The summed E-state index contributed by atoms with van der Waals surface area (Å²) in [5.74, 6) is 2.57. The molecule has 1 aromatic rings. The third kappa shape index (κ3) is 4.16. The number of aromatic nitrogens is 2. The van der Waals surface area contributed by atoms with Gasteiger partial charge in [0.15, 0.2) is 0 Å². The normalized spacial score (nSPS) is 15.9. The van der Waals surface area contributed by atoms with Crippen LogP contribution in [0.15, 0.2) is 6.07 Å². The number of hydrogen-bond acceptors (Lipinski definition) is 4. The lowest BCUT2D eigenvalue weighted by Gasteiger charge is -2.13. The predicted molar refractivity (Wildman–Crippen MR) is 77.6 cm³/mol. The van der Waals surface area contributed by atoms with Crippen LogP contribution in [0.4, 0.5) is 5.82 Å². The summed E-state index contributed by atoms with van der Waals surface area (Å²) in [5, 5.41) is 3.32. The second-order valence-corrected chi connectivity index (χ2v) is 5.20. The van der Waals surface area contributed by atoms with E-state index in [1.807, 2.05) is 0 Å². The van der Waals surface area contributed by atoms with Crippen molar-refractivity contribution in [3.63, 3.8) is 0 Å². The molecular formula is C15H25N3O. The van der Waals surface area contributed by atoms with Crippen molar-refractivity contribution in [2.45, 2.75) is 51.4 Å². The number of methoxy groups -OCH3 is 1. The number of anilines is 1. The van der Waals surface area contributed by atoms with Gasteiger partial charge in [-0.25, -0.2) is 9.97 Å². The van der Waals surface area contributed by atoms with Crippen LogP contribution >= 0.6 is 0 Å². The molecule has 0 unspecified atom stereocenters. The van der Waals surface area contributed by atoms with Gasteiger partial charge in [-0.05, 0) is 26.2 Å². The highest BCUT2D eigenvalue weighted by Gasteiger charge is 2.19. The molecule has 1 aromatic heterocycles. The number of nitrogens with zero attached hydrogens (tertiary/aromatic N) is 2. The SMILES string of the molecule is CCNc1cc(C2CCCC2)nc(CCCOC)n1. The summed E-state index contributed by atoms with van der Waals surface area (Å²) in [6, 6.07) is 2.14. The molecule has 0 saturated heterocycles. The Morgan fingerprint density at radius 3 is 2.79 bits per heavy atom. The summed E-state index contributed by atoms with van der Waals surface area (Å²) >= 11 is 0. The van der Waals surface area contributed by atoms with Gasteiger partial charge in [0, 0.05) is 44.4 Å². The fourth-order valence-corrected chi connectivity index (χ4v) is 2.71. The molecule has 0 aromatic carbocycles. The molecule has 1 saturated carbocycles. The lowest BCUT2D eigenvalue weighted by molar-refractivity contribution is 0.194. The summed E-state index contributed by atoms with van der Waals surface area (Å²) in [4.78, 5) is 9.35. The Kier molecular flexibility index (Phi) is 5.58. The van der Waals surface area contributed by atoms with Crippen molar-refractivity contribution >= 4 is 5.82 Å². The summed E-state index contributed by atoms with van der Waals surface area (Å²) in [6.45, 7) is 3.77. The Morgan fingerprint density at radius 1 is 1.32 bits per heavy atom. The molecule has 4 heteroatoms. The van der Waals surface area contributed by atoms with Gasteiger partial charge in [0.1, 0.15) is 11.6 Å². The number of rotatable bonds is 7. The van der Waals surface area contributed by atoms with Crippen LogP contribution in [-0.2, 0) is 11.2 Å². The Balaban J connectivity index is 2.11. The largest absolute Gasteiger partial charge is 0.385 e. The Morgan fingerprint density at radius 2 is 2.11 bits per heavy atom. The van der Waals surface area contributed by atoms with Gasteiger partial charge in [0.05, 0.1) is 0 Å². The average molecular weight is 263 g/mol. The van der Waals surface area contributed by atoms with Crippen LogP contribution in [-0.4, -0.2) is 30.2 Å². The second kappa shape index (κ2) is 7.43. The van der Waals surface area contributed by atoms with E-state index in [2.05, 4.69) is 23.3 Å². The standard InChI is InChI=1S/C15H25N3O/c1-3-16-15-11-13(12-7-4-5-8-12)17-14(18-15)9-6-10-19-2/h11-12H,3-10H2,1-2H3,(H,16,17,18). The first kappa shape index (κ1) is 14.3. The lowest BCUT2D eigenvalue weighted by atomic mass is 10.0. The van der Waals surface area contributed by atoms with Crippen LogP contribution in [0.25, 0.3) is 0 Å². The third-order valence-corrected chi connectivity index (χ3v) is 3.67. The molecule has 0 amide bonds. The van der Waals surface area contributed by atoms with Crippen LogP contribution in [0.1, 0.15) is 56.5 Å². The van der Waals surface area contributed by atoms with E-state index in [1.165, 1.54) is 31.4 Å². The average Bonchev–Trinajstić information content (AvgIpc) is 2.93.